The van der Waals surface area contributed by atoms with E-state index < -0.39 is 5.60 Å². The van der Waals surface area contributed by atoms with Gasteiger partial charge in [-0.15, -0.1) is 0 Å². The van der Waals surface area contributed by atoms with Crippen molar-refractivity contribution < 1.29 is 9.53 Å². The summed E-state index contributed by atoms with van der Waals surface area (Å²) in [4.78, 5) is 18.0. The first-order valence-corrected chi connectivity index (χ1v) is 6.88. The Balaban J connectivity index is 1.98. The molecule has 0 aliphatic carbocycles. The molecule has 2 rings (SSSR count). The van der Waals surface area contributed by atoms with Crippen LogP contribution in [0.2, 0.25) is 0 Å². The topological polar surface area (TPSA) is 47.4 Å². The number of nitrogens with zero attached hydrogens (tertiary/aromatic N) is 3. The van der Waals surface area contributed by atoms with Gasteiger partial charge in [-0.3, -0.25) is 0 Å². The SMILES string of the molecule is CCn1cncc1C1CCN(C(=O)OC(C)(C)C)C1. The van der Waals surface area contributed by atoms with Gasteiger partial charge >= 0.3 is 6.09 Å². The van der Waals surface area contributed by atoms with E-state index in [1.807, 2.05) is 33.3 Å². The molecule has 0 spiro atoms. The van der Waals surface area contributed by atoms with Gasteiger partial charge in [0, 0.05) is 37.4 Å². The molecule has 0 N–H and O–H groups in total. The highest BCUT2D eigenvalue weighted by Gasteiger charge is 2.31. The lowest BCUT2D eigenvalue weighted by molar-refractivity contribution is 0.0292. The van der Waals surface area contributed by atoms with Crippen molar-refractivity contribution in [2.45, 2.75) is 52.2 Å². The molecular formula is C14H23N3O2. The molecule has 1 aromatic heterocycles. The van der Waals surface area contributed by atoms with Crippen molar-refractivity contribution in [3.05, 3.63) is 18.2 Å². The first-order chi connectivity index (χ1) is 8.90. The van der Waals surface area contributed by atoms with Crippen LogP contribution in [0.5, 0.6) is 0 Å². The van der Waals surface area contributed by atoms with Crippen LogP contribution in [0.25, 0.3) is 0 Å². The summed E-state index contributed by atoms with van der Waals surface area (Å²) in [5.74, 6) is 0.370. The van der Waals surface area contributed by atoms with E-state index in [1.54, 1.807) is 4.90 Å². The zero-order valence-electron chi connectivity index (χ0n) is 12.2. The Labute approximate surface area is 114 Å². The Hall–Kier alpha value is -1.52. The Morgan fingerprint density at radius 2 is 2.26 bits per heavy atom. The normalized spacial score (nSPS) is 19.8. The third-order valence-electron chi connectivity index (χ3n) is 3.34. The minimum absolute atomic E-state index is 0.211. The standard InChI is InChI=1S/C14H23N3O2/c1-5-16-10-15-8-12(16)11-6-7-17(9-11)13(18)19-14(2,3)4/h8,10-11H,5-7,9H2,1-4H3. The molecular weight excluding hydrogens is 242 g/mol. The molecule has 0 saturated carbocycles. The van der Waals surface area contributed by atoms with E-state index in [1.165, 1.54) is 5.69 Å². The molecule has 1 saturated heterocycles. The predicted octanol–water partition coefficient (Wildman–Crippen LogP) is 2.63. The van der Waals surface area contributed by atoms with E-state index in [2.05, 4.69) is 16.5 Å². The van der Waals surface area contributed by atoms with Gasteiger partial charge in [-0.2, -0.15) is 0 Å². The predicted molar refractivity (Wildman–Crippen MR) is 73.1 cm³/mol. The Morgan fingerprint density at radius 3 is 2.89 bits per heavy atom. The van der Waals surface area contributed by atoms with Gasteiger partial charge in [-0.05, 0) is 34.1 Å². The van der Waals surface area contributed by atoms with E-state index in [0.29, 0.717) is 5.92 Å². The zero-order valence-corrected chi connectivity index (χ0v) is 12.2. The third-order valence-corrected chi connectivity index (χ3v) is 3.34. The highest BCUT2D eigenvalue weighted by atomic mass is 16.6. The molecule has 2 heterocycles. The number of rotatable bonds is 2. The fourth-order valence-corrected chi connectivity index (χ4v) is 2.43. The van der Waals surface area contributed by atoms with Crippen LogP contribution >= 0.6 is 0 Å². The van der Waals surface area contributed by atoms with E-state index >= 15 is 0 Å². The number of hydrogen-bond acceptors (Lipinski definition) is 3. The van der Waals surface area contributed by atoms with E-state index in [-0.39, 0.29) is 6.09 Å². The minimum atomic E-state index is -0.430. The fourth-order valence-electron chi connectivity index (χ4n) is 2.43. The maximum atomic E-state index is 12.0. The summed E-state index contributed by atoms with van der Waals surface area (Å²) in [6, 6.07) is 0. The molecule has 5 nitrogen and oxygen atoms in total. The number of aromatic nitrogens is 2. The quantitative estimate of drug-likeness (QED) is 0.826. The highest BCUT2D eigenvalue weighted by molar-refractivity contribution is 5.68. The molecule has 5 heteroatoms. The minimum Gasteiger partial charge on any atom is -0.444 e. The number of ether oxygens (including phenoxy) is 1. The van der Waals surface area contributed by atoms with E-state index in [4.69, 9.17) is 4.74 Å². The van der Waals surface area contributed by atoms with Gasteiger partial charge in [0.25, 0.3) is 0 Å². The number of carbonyl (C=O) groups is 1. The second kappa shape index (κ2) is 5.23. The van der Waals surface area contributed by atoms with Crippen LogP contribution in [0.1, 0.15) is 45.7 Å². The fraction of sp³-hybridized carbons (Fsp3) is 0.714. The van der Waals surface area contributed by atoms with Crippen molar-refractivity contribution in [2.24, 2.45) is 0 Å². The number of carbonyl (C=O) groups excluding carboxylic acids is 1. The molecule has 0 aromatic carbocycles. The van der Waals surface area contributed by atoms with Crippen LogP contribution in [-0.4, -0.2) is 39.2 Å². The molecule has 1 fully saturated rings. The summed E-state index contributed by atoms with van der Waals surface area (Å²) in [5, 5.41) is 0. The lowest BCUT2D eigenvalue weighted by Crippen LogP contribution is -2.35. The Morgan fingerprint density at radius 1 is 1.53 bits per heavy atom. The van der Waals surface area contributed by atoms with Crippen LogP contribution in [0.4, 0.5) is 4.79 Å². The van der Waals surface area contributed by atoms with Crippen molar-refractivity contribution in [1.82, 2.24) is 14.5 Å². The molecule has 1 unspecified atom stereocenters. The van der Waals surface area contributed by atoms with Crippen molar-refractivity contribution in [1.29, 1.82) is 0 Å². The molecule has 0 radical (unpaired) electrons. The smallest absolute Gasteiger partial charge is 0.410 e. The maximum absolute atomic E-state index is 12.0. The summed E-state index contributed by atoms with van der Waals surface area (Å²) in [7, 11) is 0. The Kier molecular flexibility index (Phi) is 3.83. The summed E-state index contributed by atoms with van der Waals surface area (Å²) < 4.78 is 7.55. The third kappa shape index (κ3) is 3.28. The first-order valence-electron chi connectivity index (χ1n) is 6.88. The molecule has 1 aromatic rings. The summed E-state index contributed by atoms with van der Waals surface area (Å²) in [6.07, 6.45) is 4.53. The van der Waals surface area contributed by atoms with Crippen LogP contribution < -0.4 is 0 Å². The van der Waals surface area contributed by atoms with Gasteiger partial charge in [0.1, 0.15) is 5.60 Å². The van der Waals surface area contributed by atoms with Crippen molar-refractivity contribution in [2.75, 3.05) is 13.1 Å². The number of aryl methyl sites for hydroxylation is 1. The molecule has 1 amide bonds. The second-order valence-corrected chi connectivity index (χ2v) is 6.02. The summed E-state index contributed by atoms with van der Waals surface area (Å²) >= 11 is 0. The number of amides is 1. The molecule has 106 valence electrons. The molecule has 19 heavy (non-hydrogen) atoms. The largest absolute Gasteiger partial charge is 0.444 e. The zero-order chi connectivity index (χ0) is 14.0. The monoisotopic (exact) mass is 265 g/mol. The van der Waals surface area contributed by atoms with E-state index in [0.717, 1.165) is 26.1 Å². The maximum Gasteiger partial charge on any atom is 0.410 e. The van der Waals surface area contributed by atoms with Gasteiger partial charge in [0.05, 0.1) is 6.33 Å². The molecule has 0 bridgehead atoms. The van der Waals surface area contributed by atoms with E-state index in [9.17, 15) is 4.79 Å². The molecule has 1 atom stereocenters. The van der Waals surface area contributed by atoms with Crippen LogP contribution in [-0.2, 0) is 11.3 Å². The van der Waals surface area contributed by atoms with Gasteiger partial charge in [-0.1, -0.05) is 0 Å². The van der Waals surface area contributed by atoms with Crippen molar-refractivity contribution in [3.8, 4) is 0 Å². The van der Waals surface area contributed by atoms with Gasteiger partial charge in [0.15, 0.2) is 0 Å². The van der Waals surface area contributed by atoms with Crippen molar-refractivity contribution >= 4 is 6.09 Å². The van der Waals surface area contributed by atoms with Gasteiger partial charge < -0.3 is 14.2 Å². The highest BCUT2D eigenvalue weighted by Crippen LogP contribution is 2.28. The summed E-state index contributed by atoms with van der Waals surface area (Å²) in [6.45, 7) is 10.2. The number of hydrogen-bond donors (Lipinski definition) is 0. The van der Waals surface area contributed by atoms with Crippen LogP contribution in [0, 0.1) is 0 Å². The first kappa shape index (κ1) is 13.9. The average Bonchev–Trinajstić information content (AvgIpc) is 2.95. The lowest BCUT2D eigenvalue weighted by atomic mass is 10.1. The van der Waals surface area contributed by atoms with Gasteiger partial charge in [0.2, 0.25) is 0 Å². The summed E-state index contributed by atoms with van der Waals surface area (Å²) in [5.41, 5.74) is 0.786. The van der Waals surface area contributed by atoms with Crippen LogP contribution in [0.3, 0.4) is 0 Å². The lowest BCUT2D eigenvalue weighted by Gasteiger charge is -2.24. The number of likely N-dealkylation sites (tertiary alicyclic amines) is 1. The Bertz CT molecular complexity index is 448. The second-order valence-electron chi connectivity index (χ2n) is 6.02. The average molecular weight is 265 g/mol. The molecule has 1 aliphatic heterocycles. The van der Waals surface area contributed by atoms with Crippen LogP contribution in [0.15, 0.2) is 12.5 Å². The number of imidazole rings is 1. The van der Waals surface area contributed by atoms with Gasteiger partial charge in [-0.25, -0.2) is 9.78 Å². The van der Waals surface area contributed by atoms with Crippen molar-refractivity contribution in [3.63, 3.8) is 0 Å². The molecule has 1 aliphatic rings.